The molecule has 2 heterocycles. The summed E-state index contributed by atoms with van der Waals surface area (Å²) in [5.41, 5.74) is -1.14. The van der Waals surface area contributed by atoms with Crippen LogP contribution in [0.5, 0.6) is 0 Å². The van der Waals surface area contributed by atoms with Crippen molar-refractivity contribution in [1.29, 1.82) is 0 Å². The first-order valence-electron chi connectivity index (χ1n) is 8.57. The van der Waals surface area contributed by atoms with Gasteiger partial charge in [-0.2, -0.15) is 17.5 Å². The van der Waals surface area contributed by atoms with Gasteiger partial charge in [0, 0.05) is 25.0 Å². The number of alkyl halides is 3. The number of hydrogen-bond donors (Lipinski definition) is 1. The maximum Gasteiger partial charge on any atom is 0.417 e. The van der Waals surface area contributed by atoms with Gasteiger partial charge in [0.25, 0.3) is 0 Å². The first-order valence-corrected chi connectivity index (χ1v) is 10.0. The van der Waals surface area contributed by atoms with E-state index in [0.717, 1.165) is 18.6 Å². The second kappa shape index (κ2) is 6.84. The Kier molecular flexibility index (Phi) is 5.04. The highest BCUT2D eigenvalue weighted by atomic mass is 32.2. The second-order valence-electron chi connectivity index (χ2n) is 6.94. The lowest BCUT2D eigenvalue weighted by Gasteiger charge is -2.47. The largest absolute Gasteiger partial charge is 0.417 e. The summed E-state index contributed by atoms with van der Waals surface area (Å²) in [5, 5.41) is 2.82. The molecule has 0 spiro atoms. The molecule has 26 heavy (non-hydrogen) atoms. The molecule has 2 unspecified atom stereocenters. The lowest BCUT2D eigenvalue weighted by atomic mass is 9.84. The highest BCUT2D eigenvalue weighted by molar-refractivity contribution is 7.89. The molecule has 1 N–H and O–H groups in total. The van der Waals surface area contributed by atoms with Gasteiger partial charge >= 0.3 is 6.18 Å². The molecule has 2 fully saturated rings. The number of nitrogens with zero attached hydrogens (tertiary/aromatic N) is 1. The fraction of sp³-hybridized carbons (Fsp3) is 0.588. The van der Waals surface area contributed by atoms with Crippen molar-refractivity contribution < 1.29 is 26.4 Å². The highest BCUT2D eigenvalue weighted by Gasteiger charge is 2.47. The molecule has 2 atom stereocenters. The van der Waals surface area contributed by atoms with E-state index >= 15 is 0 Å². The quantitative estimate of drug-likeness (QED) is 0.863. The molecule has 2 aliphatic heterocycles. The van der Waals surface area contributed by atoms with Crippen LogP contribution in [0, 0.1) is 0 Å². The Morgan fingerprint density at radius 1 is 1.15 bits per heavy atom. The number of nitrogens with one attached hydrogen (secondary N) is 1. The minimum absolute atomic E-state index is 0.146. The third kappa shape index (κ3) is 3.59. The van der Waals surface area contributed by atoms with Crippen molar-refractivity contribution in [1.82, 2.24) is 9.62 Å². The van der Waals surface area contributed by atoms with Crippen molar-refractivity contribution in [3.8, 4) is 0 Å². The van der Waals surface area contributed by atoms with E-state index < -0.39 is 38.7 Å². The Morgan fingerprint density at radius 3 is 2.27 bits per heavy atom. The highest BCUT2D eigenvalue weighted by Crippen LogP contribution is 2.41. The summed E-state index contributed by atoms with van der Waals surface area (Å²) in [7, 11) is -4.29. The van der Waals surface area contributed by atoms with Crippen LogP contribution in [0.4, 0.5) is 13.2 Å². The van der Waals surface area contributed by atoms with Gasteiger partial charge in [-0.1, -0.05) is 18.6 Å². The van der Waals surface area contributed by atoms with E-state index in [1.54, 1.807) is 0 Å². The summed E-state index contributed by atoms with van der Waals surface area (Å²) in [4.78, 5) is 10.6. The van der Waals surface area contributed by atoms with Gasteiger partial charge in [0.1, 0.15) is 0 Å². The Bertz CT molecular complexity index is 781. The zero-order valence-corrected chi connectivity index (χ0v) is 15.1. The van der Waals surface area contributed by atoms with Crippen LogP contribution in [0.2, 0.25) is 0 Å². The number of amides is 1. The molecule has 3 rings (SSSR count). The van der Waals surface area contributed by atoms with Gasteiger partial charge in [-0.3, -0.25) is 4.79 Å². The number of carbonyl (C=O) groups is 1. The predicted molar refractivity (Wildman–Crippen MR) is 88.7 cm³/mol. The van der Waals surface area contributed by atoms with Crippen molar-refractivity contribution in [2.75, 3.05) is 0 Å². The lowest BCUT2D eigenvalue weighted by Crippen LogP contribution is -2.58. The van der Waals surface area contributed by atoms with E-state index in [4.69, 9.17) is 0 Å². The maximum absolute atomic E-state index is 13.3. The van der Waals surface area contributed by atoms with Gasteiger partial charge in [0.15, 0.2) is 0 Å². The van der Waals surface area contributed by atoms with E-state index in [2.05, 4.69) is 5.32 Å². The third-order valence-electron chi connectivity index (χ3n) is 5.06. The molecule has 1 aromatic carbocycles. The third-order valence-corrected chi connectivity index (χ3v) is 7.13. The molecule has 9 heteroatoms. The first-order chi connectivity index (χ1) is 12.1. The van der Waals surface area contributed by atoms with Crippen LogP contribution >= 0.6 is 0 Å². The standard InChI is InChI=1S/C17H21F3N2O3S/c1-11(23)21-12-9-13-5-4-6-14(10-12)22(13)26(24,25)16-8-3-2-7-15(16)17(18,19)20/h2-3,7-8,12-14H,4-6,9-10H2,1H3,(H,21,23). The van der Waals surface area contributed by atoms with Crippen LogP contribution in [-0.2, 0) is 21.0 Å². The van der Waals surface area contributed by atoms with Gasteiger partial charge in [0.05, 0.1) is 10.5 Å². The predicted octanol–water partition coefficient (Wildman–Crippen LogP) is 2.92. The molecule has 1 amide bonds. The van der Waals surface area contributed by atoms with Crippen molar-refractivity contribution in [3.05, 3.63) is 29.8 Å². The van der Waals surface area contributed by atoms with Gasteiger partial charge in [-0.25, -0.2) is 8.42 Å². The van der Waals surface area contributed by atoms with Crippen LogP contribution in [0.15, 0.2) is 29.2 Å². The molecule has 1 aromatic rings. The summed E-state index contributed by atoms with van der Waals surface area (Å²) >= 11 is 0. The molecule has 0 saturated carbocycles. The minimum Gasteiger partial charge on any atom is -0.353 e. The summed E-state index contributed by atoms with van der Waals surface area (Å²) in [6.45, 7) is 1.40. The van der Waals surface area contributed by atoms with E-state index in [-0.39, 0.29) is 11.9 Å². The summed E-state index contributed by atoms with van der Waals surface area (Å²) < 4.78 is 67.5. The second-order valence-corrected chi connectivity index (χ2v) is 8.75. The number of fused-ring (bicyclic) bond motifs is 2. The Hall–Kier alpha value is -1.61. The normalized spacial score (nSPS) is 27.2. The molecule has 0 aromatic heterocycles. The maximum atomic E-state index is 13.3. The number of sulfonamides is 1. The summed E-state index contributed by atoms with van der Waals surface area (Å²) in [6.07, 6.45) is -1.91. The van der Waals surface area contributed by atoms with Crippen LogP contribution in [-0.4, -0.2) is 36.8 Å². The van der Waals surface area contributed by atoms with E-state index in [9.17, 15) is 26.4 Å². The topological polar surface area (TPSA) is 66.5 Å². The van der Waals surface area contributed by atoms with Gasteiger partial charge in [-0.05, 0) is 37.8 Å². The molecular weight excluding hydrogens is 369 g/mol. The van der Waals surface area contributed by atoms with Crippen LogP contribution in [0.25, 0.3) is 0 Å². The van der Waals surface area contributed by atoms with Crippen LogP contribution in [0.1, 0.15) is 44.6 Å². The average molecular weight is 390 g/mol. The Labute approximate surface area is 150 Å². The minimum atomic E-state index is -4.74. The number of piperidine rings is 2. The van der Waals surface area contributed by atoms with E-state index in [1.807, 2.05) is 0 Å². The van der Waals surface area contributed by atoms with Gasteiger partial charge in [-0.15, -0.1) is 0 Å². The van der Waals surface area contributed by atoms with Gasteiger partial charge < -0.3 is 5.32 Å². The number of carbonyl (C=O) groups excluding carboxylic acids is 1. The van der Waals surface area contributed by atoms with Crippen LogP contribution < -0.4 is 5.32 Å². The molecule has 0 aliphatic carbocycles. The lowest BCUT2D eigenvalue weighted by molar-refractivity contribution is -0.140. The zero-order valence-electron chi connectivity index (χ0n) is 14.3. The molecule has 2 bridgehead atoms. The first kappa shape index (κ1) is 19.2. The van der Waals surface area contributed by atoms with Crippen molar-refractivity contribution >= 4 is 15.9 Å². The summed E-state index contributed by atoms with van der Waals surface area (Å²) in [6, 6.07) is 3.37. The monoisotopic (exact) mass is 390 g/mol. The number of benzene rings is 1. The smallest absolute Gasteiger partial charge is 0.353 e. The molecule has 2 aliphatic rings. The van der Waals surface area contributed by atoms with E-state index in [0.29, 0.717) is 25.7 Å². The molecule has 5 nitrogen and oxygen atoms in total. The number of hydrogen-bond acceptors (Lipinski definition) is 3. The van der Waals surface area contributed by atoms with Crippen molar-refractivity contribution in [2.24, 2.45) is 0 Å². The molecule has 2 saturated heterocycles. The number of halogens is 3. The molecular formula is C17H21F3N2O3S. The zero-order chi connectivity index (χ0) is 19.1. The van der Waals surface area contributed by atoms with Crippen LogP contribution in [0.3, 0.4) is 0 Å². The Morgan fingerprint density at radius 2 is 1.73 bits per heavy atom. The van der Waals surface area contributed by atoms with Crippen molar-refractivity contribution in [3.63, 3.8) is 0 Å². The van der Waals surface area contributed by atoms with Gasteiger partial charge in [0.2, 0.25) is 15.9 Å². The fourth-order valence-electron chi connectivity index (χ4n) is 4.18. The summed E-state index contributed by atoms with van der Waals surface area (Å²) in [5.74, 6) is -0.188. The molecule has 0 radical (unpaired) electrons. The van der Waals surface area contributed by atoms with Crippen molar-refractivity contribution in [2.45, 2.75) is 68.2 Å². The molecule has 144 valence electrons. The fourth-order valence-corrected chi connectivity index (χ4v) is 6.28. The van der Waals surface area contributed by atoms with E-state index in [1.165, 1.54) is 23.4 Å². The SMILES string of the molecule is CC(=O)NC1CC2CCCC(C1)N2S(=O)(=O)c1ccccc1C(F)(F)F. The Balaban J connectivity index is 1.97. The number of rotatable bonds is 3. The average Bonchev–Trinajstić information content (AvgIpc) is 2.52.